The highest BCUT2D eigenvalue weighted by atomic mass is 16.2. The first kappa shape index (κ1) is 18.9. The van der Waals surface area contributed by atoms with E-state index in [1.807, 2.05) is 11.0 Å². The van der Waals surface area contributed by atoms with Crippen LogP contribution in [0, 0.1) is 5.92 Å². The van der Waals surface area contributed by atoms with Gasteiger partial charge in [-0.05, 0) is 44.1 Å². The average molecular weight is 383 g/mol. The molecule has 28 heavy (non-hydrogen) atoms. The van der Waals surface area contributed by atoms with Crippen molar-refractivity contribution in [2.45, 2.75) is 63.8 Å². The van der Waals surface area contributed by atoms with Crippen LogP contribution in [0.25, 0.3) is 5.65 Å². The van der Waals surface area contributed by atoms with Crippen molar-refractivity contribution >= 4 is 17.5 Å². The van der Waals surface area contributed by atoms with Crippen LogP contribution in [0.1, 0.15) is 79.9 Å². The van der Waals surface area contributed by atoms with Gasteiger partial charge in [-0.25, -0.2) is 9.50 Å². The Morgan fingerprint density at radius 1 is 1.14 bits per heavy atom. The number of nitrogens with one attached hydrogen (secondary N) is 1. The highest BCUT2D eigenvalue weighted by Gasteiger charge is 2.31. The number of likely N-dealkylation sites (tertiary alicyclic amines) is 1. The predicted octanol–water partition coefficient (Wildman–Crippen LogP) is 3.11. The van der Waals surface area contributed by atoms with Gasteiger partial charge in [-0.1, -0.05) is 19.3 Å². The Morgan fingerprint density at radius 2 is 1.93 bits per heavy atom. The summed E-state index contributed by atoms with van der Waals surface area (Å²) in [5, 5.41) is 7.06. The number of piperidine rings is 1. The summed E-state index contributed by atoms with van der Waals surface area (Å²) in [5.41, 5.74) is 1.94. The van der Waals surface area contributed by atoms with Crippen molar-refractivity contribution in [3.63, 3.8) is 0 Å². The summed E-state index contributed by atoms with van der Waals surface area (Å²) >= 11 is 0. The molecule has 150 valence electrons. The molecule has 7 nitrogen and oxygen atoms in total. The number of amides is 2. The second-order valence-electron chi connectivity index (χ2n) is 8.05. The Bertz CT molecular complexity index is 856. The molecule has 4 rings (SSSR count). The normalized spacial score (nSPS) is 21.0. The Kier molecular flexibility index (Phi) is 5.59. The number of carbonyl (C=O) groups is 2. The van der Waals surface area contributed by atoms with Crippen LogP contribution in [-0.4, -0.2) is 44.9 Å². The van der Waals surface area contributed by atoms with Crippen molar-refractivity contribution in [2.75, 3.05) is 13.6 Å². The molecule has 1 aliphatic heterocycles. The van der Waals surface area contributed by atoms with Crippen molar-refractivity contribution in [1.29, 1.82) is 0 Å². The van der Waals surface area contributed by atoms with E-state index >= 15 is 0 Å². The fourth-order valence-electron chi connectivity index (χ4n) is 4.75. The van der Waals surface area contributed by atoms with E-state index in [1.165, 1.54) is 32.1 Å². The maximum Gasteiger partial charge on any atom is 0.256 e. The lowest BCUT2D eigenvalue weighted by atomic mass is 9.86. The molecule has 2 aromatic rings. The molecule has 2 aliphatic rings. The largest absolute Gasteiger partial charge is 0.355 e. The molecule has 1 unspecified atom stereocenters. The zero-order valence-electron chi connectivity index (χ0n) is 16.6. The summed E-state index contributed by atoms with van der Waals surface area (Å²) in [6.45, 7) is 0.795. The van der Waals surface area contributed by atoms with Gasteiger partial charge in [0, 0.05) is 26.2 Å². The number of rotatable bonds is 4. The quantitative estimate of drug-likeness (QED) is 0.880. The Morgan fingerprint density at radius 3 is 2.71 bits per heavy atom. The third kappa shape index (κ3) is 3.62. The molecule has 2 fully saturated rings. The maximum atomic E-state index is 13.2. The van der Waals surface area contributed by atoms with Crippen LogP contribution in [0.2, 0.25) is 0 Å². The fourth-order valence-corrected chi connectivity index (χ4v) is 4.75. The summed E-state index contributed by atoms with van der Waals surface area (Å²) < 4.78 is 1.74. The number of hydrogen-bond donors (Lipinski definition) is 1. The minimum atomic E-state index is -0.200. The van der Waals surface area contributed by atoms with Gasteiger partial charge >= 0.3 is 0 Å². The standard InChI is InChI=1S/C21H29N5O2/c1-22-21(28)16-14-24-26-18(10-11-23-20(16)26)17-9-5-6-12-25(17)19(27)13-15-7-3-2-4-8-15/h10-11,14-15,17H,2-9,12-13H2,1H3,(H,22,28). The smallest absolute Gasteiger partial charge is 0.256 e. The molecule has 0 spiro atoms. The summed E-state index contributed by atoms with van der Waals surface area (Å²) in [6, 6.07) is 1.93. The zero-order valence-corrected chi connectivity index (χ0v) is 16.6. The number of nitrogens with zero attached hydrogens (tertiary/aromatic N) is 4. The van der Waals surface area contributed by atoms with Gasteiger partial charge in [-0.2, -0.15) is 5.10 Å². The third-order valence-corrected chi connectivity index (χ3v) is 6.25. The van der Waals surface area contributed by atoms with E-state index in [0.29, 0.717) is 23.5 Å². The number of aromatic nitrogens is 3. The molecule has 0 bridgehead atoms. The van der Waals surface area contributed by atoms with Gasteiger partial charge in [0.1, 0.15) is 5.56 Å². The SMILES string of the molecule is CNC(=O)c1cnn2c(C3CCCCN3C(=O)CC3CCCCC3)ccnc12. The van der Waals surface area contributed by atoms with E-state index in [1.54, 1.807) is 24.0 Å². The van der Waals surface area contributed by atoms with E-state index < -0.39 is 0 Å². The summed E-state index contributed by atoms with van der Waals surface area (Å²) in [6.07, 6.45) is 13.2. The molecule has 1 N–H and O–H groups in total. The number of fused-ring (bicyclic) bond motifs is 1. The Labute approximate surface area is 165 Å². The molecule has 1 saturated carbocycles. The van der Waals surface area contributed by atoms with E-state index in [0.717, 1.165) is 31.5 Å². The van der Waals surface area contributed by atoms with Crippen LogP contribution in [0.15, 0.2) is 18.5 Å². The molecule has 3 heterocycles. The van der Waals surface area contributed by atoms with Crippen molar-refractivity contribution in [2.24, 2.45) is 5.92 Å². The lowest BCUT2D eigenvalue weighted by Crippen LogP contribution is -2.40. The second kappa shape index (κ2) is 8.29. The topological polar surface area (TPSA) is 79.6 Å². The molecule has 7 heteroatoms. The van der Waals surface area contributed by atoms with Crippen molar-refractivity contribution in [3.8, 4) is 0 Å². The van der Waals surface area contributed by atoms with Crippen LogP contribution in [-0.2, 0) is 4.79 Å². The van der Waals surface area contributed by atoms with Crippen molar-refractivity contribution in [3.05, 3.63) is 29.7 Å². The first-order valence-electron chi connectivity index (χ1n) is 10.5. The lowest BCUT2D eigenvalue weighted by molar-refractivity contribution is -0.136. The van der Waals surface area contributed by atoms with Gasteiger partial charge in [0.2, 0.25) is 5.91 Å². The van der Waals surface area contributed by atoms with E-state index in [4.69, 9.17) is 0 Å². The molecule has 2 aromatic heterocycles. The Hall–Kier alpha value is -2.44. The van der Waals surface area contributed by atoms with E-state index in [-0.39, 0.29) is 17.9 Å². The van der Waals surface area contributed by atoms with Gasteiger partial charge in [0.15, 0.2) is 5.65 Å². The van der Waals surface area contributed by atoms with Gasteiger partial charge < -0.3 is 10.2 Å². The maximum absolute atomic E-state index is 13.2. The van der Waals surface area contributed by atoms with Crippen LogP contribution >= 0.6 is 0 Å². The number of carbonyl (C=O) groups excluding carboxylic acids is 2. The van der Waals surface area contributed by atoms with Gasteiger partial charge in [-0.3, -0.25) is 9.59 Å². The molecule has 0 radical (unpaired) electrons. The van der Waals surface area contributed by atoms with E-state index in [9.17, 15) is 9.59 Å². The molecule has 1 saturated heterocycles. The van der Waals surface area contributed by atoms with Gasteiger partial charge in [-0.15, -0.1) is 0 Å². The fraction of sp³-hybridized carbons (Fsp3) is 0.619. The first-order chi connectivity index (χ1) is 13.7. The van der Waals surface area contributed by atoms with E-state index in [2.05, 4.69) is 15.4 Å². The molecule has 2 amide bonds. The van der Waals surface area contributed by atoms with Crippen LogP contribution in [0.3, 0.4) is 0 Å². The molecule has 1 aliphatic carbocycles. The van der Waals surface area contributed by atoms with Gasteiger partial charge in [0.05, 0.1) is 17.9 Å². The van der Waals surface area contributed by atoms with Crippen LogP contribution < -0.4 is 5.32 Å². The zero-order chi connectivity index (χ0) is 19.5. The molecular formula is C21H29N5O2. The highest BCUT2D eigenvalue weighted by Crippen LogP contribution is 2.34. The summed E-state index contributed by atoms with van der Waals surface area (Å²) in [7, 11) is 1.60. The lowest BCUT2D eigenvalue weighted by Gasteiger charge is -2.37. The van der Waals surface area contributed by atoms with Crippen LogP contribution in [0.5, 0.6) is 0 Å². The van der Waals surface area contributed by atoms with Crippen molar-refractivity contribution < 1.29 is 9.59 Å². The average Bonchev–Trinajstić information content (AvgIpc) is 3.18. The molecular weight excluding hydrogens is 354 g/mol. The van der Waals surface area contributed by atoms with Gasteiger partial charge in [0.25, 0.3) is 5.91 Å². The minimum Gasteiger partial charge on any atom is -0.355 e. The van der Waals surface area contributed by atoms with Crippen molar-refractivity contribution in [1.82, 2.24) is 24.8 Å². The number of hydrogen-bond acceptors (Lipinski definition) is 4. The molecule has 0 aromatic carbocycles. The Balaban J connectivity index is 1.61. The highest BCUT2D eigenvalue weighted by molar-refractivity contribution is 5.99. The first-order valence-corrected chi connectivity index (χ1v) is 10.5. The second-order valence-corrected chi connectivity index (χ2v) is 8.05. The predicted molar refractivity (Wildman–Crippen MR) is 106 cm³/mol. The summed E-state index contributed by atoms with van der Waals surface area (Å²) in [4.78, 5) is 31.7. The third-order valence-electron chi connectivity index (χ3n) is 6.25. The van der Waals surface area contributed by atoms with Crippen LogP contribution in [0.4, 0.5) is 0 Å². The monoisotopic (exact) mass is 383 g/mol. The minimum absolute atomic E-state index is 0.00669. The summed E-state index contributed by atoms with van der Waals surface area (Å²) in [5.74, 6) is 0.597. The molecule has 1 atom stereocenters.